The zero-order valence-electron chi connectivity index (χ0n) is 10.1. The zero-order chi connectivity index (χ0) is 11.6. The molecule has 5 heteroatoms. The fraction of sp³-hybridized carbons (Fsp3) is 0.818. The highest BCUT2D eigenvalue weighted by Crippen LogP contribution is 2.20. The van der Waals surface area contributed by atoms with Crippen LogP contribution in [0.5, 0.6) is 0 Å². The number of hydrogen-bond acceptors (Lipinski definition) is 5. The number of nitrogens with zero attached hydrogens (tertiary/aromatic N) is 2. The highest BCUT2D eigenvalue weighted by Gasteiger charge is 2.22. The van der Waals surface area contributed by atoms with Gasteiger partial charge >= 0.3 is 0 Å². The number of ether oxygens (including phenoxy) is 1. The SMILES string of the molecule is CC(C)(C)OCc1nc(C2CCCN2)no1. The second-order valence-corrected chi connectivity index (χ2v) is 5.10. The molecule has 0 spiro atoms. The van der Waals surface area contributed by atoms with Gasteiger partial charge in [-0.05, 0) is 40.2 Å². The summed E-state index contributed by atoms with van der Waals surface area (Å²) >= 11 is 0. The number of rotatable bonds is 3. The predicted molar refractivity (Wildman–Crippen MR) is 58.8 cm³/mol. The minimum absolute atomic E-state index is 0.180. The molecule has 1 aliphatic heterocycles. The van der Waals surface area contributed by atoms with Crippen molar-refractivity contribution in [2.75, 3.05) is 6.54 Å². The van der Waals surface area contributed by atoms with Crippen molar-refractivity contribution in [3.63, 3.8) is 0 Å². The van der Waals surface area contributed by atoms with Crippen molar-refractivity contribution in [2.45, 2.75) is 51.9 Å². The van der Waals surface area contributed by atoms with Crippen LogP contribution in [0.3, 0.4) is 0 Å². The molecule has 0 bridgehead atoms. The maximum Gasteiger partial charge on any atom is 0.252 e. The van der Waals surface area contributed by atoms with Crippen LogP contribution in [-0.2, 0) is 11.3 Å². The second kappa shape index (κ2) is 4.51. The Balaban J connectivity index is 1.91. The van der Waals surface area contributed by atoms with Gasteiger partial charge < -0.3 is 14.6 Å². The van der Waals surface area contributed by atoms with Crippen LogP contribution < -0.4 is 5.32 Å². The number of nitrogens with one attached hydrogen (secondary N) is 1. The Bertz CT molecular complexity index is 337. The molecule has 1 saturated heterocycles. The van der Waals surface area contributed by atoms with E-state index in [4.69, 9.17) is 9.26 Å². The van der Waals surface area contributed by atoms with E-state index in [1.807, 2.05) is 20.8 Å². The van der Waals surface area contributed by atoms with Crippen molar-refractivity contribution in [3.05, 3.63) is 11.7 Å². The summed E-state index contributed by atoms with van der Waals surface area (Å²) in [5.41, 5.74) is -0.180. The van der Waals surface area contributed by atoms with Crippen molar-refractivity contribution in [1.82, 2.24) is 15.5 Å². The van der Waals surface area contributed by atoms with Crippen LogP contribution >= 0.6 is 0 Å². The van der Waals surface area contributed by atoms with Crippen molar-refractivity contribution >= 4 is 0 Å². The Morgan fingerprint density at radius 1 is 1.50 bits per heavy atom. The van der Waals surface area contributed by atoms with Gasteiger partial charge in [-0.25, -0.2) is 0 Å². The van der Waals surface area contributed by atoms with Gasteiger partial charge in [-0.1, -0.05) is 5.16 Å². The molecular weight excluding hydrogens is 206 g/mol. The van der Waals surface area contributed by atoms with E-state index in [2.05, 4.69) is 15.5 Å². The number of hydrogen-bond donors (Lipinski definition) is 1. The van der Waals surface area contributed by atoms with Gasteiger partial charge in [0, 0.05) is 0 Å². The summed E-state index contributed by atoms with van der Waals surface area (Å²) in [7, 11) is 0. The lowest BCUT2D eigenvalue weighted by Gasteiger charge is -2.17. The molecular formula is C11H19N3O2. The zero-order valence-corrected chi connectivity index (χ0v) is 10.1. The Hall–Kier alpha value is -0.940. The van der Waals surface area contributed by atoms with Crippen molar-refractivity contribution in [1.29, 1.82) is 0 Å². The standard InChI is InChI=1S/C11H19N3O2/c1-11(2,3)15-7-9-13-10(14-16-9)8-5-4-6-12-8/h8,12H,4-7H2,1-3H3. The van der Waals surface area contributed by atoms with Crippen LogP contribution in [-0.4, -0.2) is 22.3 Å². The van der Waals surface area contributed by atoms with Gasteiger partial charge in [-0.2, -0.15) is 4.98 Å². The fourth-order valence-corrected chi connectivity index (χ4v) is 1.65. The maximum absolute atomic E-state index is 5.57. The summed E-state index contributed by atoms with van der Waals surface area (Å²) < 4.78 is 10.7. The van der Waals surface area contributed by atoms with E-state index in [9.17, 15) is 0 Å². The van der Waals surface area contributed by atoms with Gasteiger partial charge in [-0.3, -0.25) is 0 Å². The van der Waals surface area contributed by atoms with Crippen LogP contribution in [0.1, 0.15) is 51.4 Å². The first-order chi connectivity index (χ1) is 7.54. The lowest BCUT2D eigenvalue weighted by molar-refractivity contribution is -0.0260. The van der Waals surface area contributed by atoms with Crippen molar-refractivity contribution < 1.29 is 9.26 Å². The van der Waals surface area contributed by atoms with Gasteiger partial charge in [0.05, 0.1) is 11.6 Å². The quantitative estimate of drug-likeness (QED) is 0.850. The van der Waals surface area contributed by atoms with E-state index in [-0.39, 0.29) is 11.6 Å². The average Bonchev–Trinajstić information content (AvgIpc) is 2.84. The number of aromatic nitrogens is 2. The van der Waals surface area contributed by atoms with Gasteiger partial charge in [-0.15, -0.1) is 0 Å². The van der Waals surface area contributed by atoms with Crippen LogP contribution in [0.15, 0.2) is 4.52 Å². The normalized spacial score (nSPS) is 21.6. The molecule has 0 radical (unpaired) electrons. The van der Waals surface area contributed by atoms with E-state index in [0.717, 1.165) is 18.8 Å². The molecule has 1 aromatic rings. The maximum atomic E-state index is 5.57. The summed E-state index contributed by atoms with van der Waals surface area (Å²) in [6.45, 7) is 7.42. The van der Waals surface area contributed by atoms with Crippen LogP contribution in [0, 0.1) is 0 Å². The predicted octanol–water partition coefficient (Wildman–Crippen LogP) is 1.81. The molecule has 0 saturated carbocycles. The van der Waals surface area contributed by atoms with Gasteiger partial charge in [0.25, 0.3) is 5.89 Å². The summed E-state index contributed by atoms with van der Waals surface area (Å²) in [6.07, 6.45) is 2.26. The summed E-state index contributed by atoms with van der Waals surface area (Å²) in [5, 5.41) is 7.30. The lowest BCUT2D eigenvalue weighted by Crippen LogP contribution is -2.19. The Morgan fingerprint density at radius 3 is 2.94 bits per heavy atom. The van der Waals surface area contributed by atoms with Crippen LogP contribution in [0.25, 0.3) is 0 Å². The third-order valence-electron chi connectivity index (χ3n) is 2.48. The first kappa shape index (κ1) is 11.5. The highest BCUT2D eigenvalue weighted by atomic mass is 16.5. The van der Waals surface area contributed by atoms with Crippen LogP contribution in [0.4, 0.5) is 0 Å². The average molecular weight is 225 g/mol. The summed E-state index contributed by atoms with van der Waals surface area (Å²) in [6, 6.07) is 0.257. The largest absolute Gasteiger partial charge is 0.366 e. The summed E-state index contributed by atoms with van der Waals surface area (Å²) in [5.74, 6) is 1.31. The first-order valence-electron chi connectivity index (χ1n) is 5.74. The molecule has 5 nitrogen and oxygen atoms in total. The third-order valence-corrected chi connectivity index (χ3v) is 2.48. The molecule has 0 aromatic carbocycles. The van der Waals surface area contributed by atoms with E-state index in [0.29, 0.717) is 12.5 Å². The molecule has 0 amide bonds. The minimum Gasteiger partial charge on any atom is -0.366 e. The fourth-order valence-electron chi connectivity index (χ4n) is 1.65. The molecule has 1 aromatic heterocycles. The van der Waals surface area contributed by atoms with Crippen LogP contribution in [0.2, 0.25) is 0 Å². The molecule has 1 fully saturated rings. The first-order valence-corrected chi connectivity index (χ1v) is 5.74. The van der Waals surface area contributed by atoms with Crippen molar-refractivity contribution in [2.24, 2.45) is 0 Å². The molecule has 1 aliphatic rings. The molecule has 90 valence electrons. The lowest BCUT2D eigenvalue weighted by atomic mass is 10.2. The molecule has 1 atom stereocenters. The molecule has 0 aliphatic carbocycles. The van der Waals surface area contributed by atoms with E-state index in [1.54, 1.807) is 0 Å². The molecule has 1 N–H and O–H groups in total. The third kappa shape index (κ3) is 3.02. The smallest absolute Gasteiger partial charge is 0.252 e. The van der Waals surface area contributed by atoms with Gasteiger partial charge in [0.15, 0.2) is 5.82 Å². The van der Waals surface area contributed by atoms with Crippen molar-refractivity contribution in [3.8, 4) is 0 Å². The van der Waals surface area contributed by atoms with Gasteiger partial charge in [0.1, 0.15) is 6.61 Å². The topological polar surface area (TPSA) is 60.2 Å². The Labute approximate surface area is 95.6 Å². The molecule has 16 heavy (non-hydrogen) atoms. The van der Waals surface area contributed by atoms with E-state index < -0.39 is 0 Å². The molecule has 2 rings (SSSR count). The van der Waals surface area contributed by atoms with E-state index in [1.165, 1.54) is 6.42 Å². The molecule has 1 unspecified atom stereocenters. The summed E-state index contributed by atoms with van der Waals surface area (Å²) in [4.78, 5) is 4.33. The Kier molecular flexibility index (Phi) is 3.25. The monoisotopic (exact) mass is 225 g/mol. The molecule has 2 heterocycles. The van der Waals surface area contributed by atoms with E-state index >= 15 is 0 Å². The Morgan fingerprint density at radius 2 is 2.31 bits per heavy atom. The van der Waals surface area contributed by atoms with Gasteiger partial charge in [0.2, 0.25) is 0 Å². The second-order valence-electron chi connectivity index (χ2n) is 5.10. The highest BCUT2D eigenvalue weighted by molar-refractivity contribution is 4.96. The minimum atomic E-state index is -0.180.